The first kappa shape index (κ1) is 22.2. The highest BCUT2D eigenvalue weighted by atomic mass is 32.3. The van der Waals surface area contributed by atoms with Crippen molar-refractivity contribution in [2.45, 2.75) is 12.5 Å². The number of carbonyl (C=O) groups excluding carboxylic acids is 1. The summed E-state index contributed by atoms with van der Waals surface area (Å²) in [5.74, 6) is -0.157. The van der Waals surface area contributed by atoms with Crippen molar-refractivity contribution in [1.29, 1.82) is 5.26 Å². The molecule has 1 saturated heterocycles. The van der Waals surface area contributed by atoms with Crippen LogP contribution in [0.25, 0.3) is 27.7 Å². The van der Waals surface area contributed by atoms with Gasteiger partial charge in [0.2, 0.25) is 0 Å². The Hall–Kier alpha value is -3.64. The summed E-state index contributed by atoms with van der Waals surface area (Å²) in [6, 6.07) is 20.6. The molecule has 1 amide bonds. The van der Waals surface area contributed by atoms with E-state index in [9.17, 15) is 23.6 Å². The zero-order chi connectivity index (χ0) is 23.9. The van der Waals surface area contributed by atoms with Gasteiger partial charge in [-0.1, -0.05) is 18.2 Å². The Kier molecular flexibility index (Phi) is 5.62. The fourth-order valence-electron chi connectivity index (χ4n) is 4.37. The van der Waals surface area contributed by atoms with Crippen molar-refractivity contribution in [2.75, 3.05) is 11.5 Å². The molecule has 0 spiro atoms. The van der Waals surface area contributed by atoms with Crippen LogP contribution in [-0.4, -0.2) is 37.1 Å². The maximum atomic E-state index is 13.6. The predicted molar refractivity (Wildman–Crippen MR) is 132 cm³/mol. The van der Waals surface area contributed by atoms with Crippen molar-refractivity contribution in [3.8, 4) is 22.9 Å². The molecule has 3 aromatic carbocycles. The van der Waals surface area contributed by atoms with E-state index in [2.05, 4.69) is 11.4 Å². The van der Waals surface area contributed by atoms with E-state index in [4.69, 9.17) is 0 Å². The van der Waals surface area contributed by atoms with Crippen LogP contribution in [0.5, 0.6) is 0 Å². The molecule has 0 aliphatic carbocycles. The summed E-state index contributed by atoms with van der Waals surface area (Å²) in [5, 5.41) is 13.1. The van der Waals surface area contributed by atoms with Crippen LogP contribution in [0, 0.1) is 17.1 Å². The molecule has 1 aromatic heterocycles. The number of fused-ring (bicyclic) bond motifs is 1. The highest BCUT2D eigenvalue weighted by molar-refractivity contribution is 8.24. The largest absolute Gasteiger partial charge is 0.348 e. The van der Waals surface area contributed by atoms with E-state index in [1.165, 1.54) is 12.1 Å². The number of aromatic nitrogens is 1. The van der Waals surface area contributed by atoms with Gasteiger partial charge in [-0.25, -0.2) is 4.39 Å². The maximum Gasteiger partial charge on any atom is 0.251 e. The lowest BCUT2D eigenvalue weighted by Crippen LogP contribution is -2.35. The zero-order valence-electron chi connectivity index (χ0n) is 18.1. The zero-order valence-corrected chi connectivity index (χ0v) is 18.9. The first-order chi connectivity index (χ1) is 16.3. The third-order valence-electron chi connectivity index (χ3n) is 6.07. The Labute approximate surface area is 197 Å². The number of carbonyl (C=O) groups is 1. The minimum Gasteiger partial charge on any atom is -0.348 e. The van der Waals surface area contributed by atoms with Crippen molar-refractivity contribution >= 4 is 27.4 Å². The van der Waals surface area contributed by atoms with Crippen LogP contribution in [0.1, 0.15) is 22.3 Å². The van der Waals surface area contributed by atoms with Gasteiger partial charge in [0.1, 0.15) is 5.82 Å². The van der Waals surface area contributed by atoms with Gasteiger partial charge < -0.3 is 9.88 Å². The van der Waals surface area contributed by atoms with Crippen molar-refractivity contribution in [3.05, 3.63) is 89.9 Å². The summed E-state index contributed by atoms with van der Waals surface area (Å²) in [6.07, 6.45) is 2.45. The van der Waals surface area contributed by atoms with E-state index in [0.29, 0.717) is 23.3 Å². The molecule has 8 heteroatoms. The van der Waals surface area contributed by atoms with Gasteiger partial charge in [0.15, 0.2) is 0 Å². The Morgan fingerprint density at radius 3 is 2.62 bits per heavy atom. The third kappa shape index (κ3) is 4.29. The molecule has 1 aliphatic heterocycles. The molecule has 1 fully saturated rings. The number of hydrogen-bond acceptors (Lipinski definition) is 4. The number of amides is 1. The molecule has 1 atom stereocenters. The number of rotatable bonds is 4. The van der Waals surface area contributed by atoms with Crippen molar-refractivity contribution in [2.24, 2.45) is 0 Å². The van der Waals surface area contributed by atoms with Crippen molar-refractivity contribution in [3.63, 3.8) is 0 Å². The second-order valence-electron chi connectivity index (χ2n) is 8.45. The van der Waals surface area contributed by atoms with Crippen LogP contribution in [-0.2, 0) is 0 Å². The maximum absolute atomic E-state index is 13.6. The average molecular weight is 476 g/mol. The summed E-state index contributed by atoms with van der Waals surface area (Å²) >= 11 is 0. The molecule has 172 valence electrons. The highest BCUT2D eigenvalue weighted by Crippen LogP contribution is 2.45. The predicted octanol–water partition coefficient (Wildman–Crippen LogP) is 5.56. The Morgan fingerprint density at radius 1 is 1.12 bits per heavy atom. The number of hydrogen-bond donors (Lipinski definition) is 3. The molecule has 2 heterocycles. The van der Waals surface area contributed by atoms with Crippen LogP contribution >= 0.6 is 10.6 Å². The fourth-order valence-corrected chi connectivity index (χ4v) is 6.10. The molecule has 0 bridgehead atoms. The number of halogens is 1. The van der Waals surface area contributed by atoms with E-state index in [1.807, 2.05) is 35.0 Å². The van der Waals surface area contributed by atoms with Crippen LogP contribution in [0.2, 0.25) is 0 Å². The molecule has 5 rings (SSSR count). The monoisotopic (exact) mass is 475 g/mol. The Balaban J connectivity index is 1.59. The minimum atomic E-state index is -2.61. The topological polar surface area (TPSA) is 98.3 Å². The minimum absolute atomic E-state index is 0.173. The lowest BCUT2D eigenvalue weighted by atomic mass is 10.0. The van der Waals surface area contributed by atoms with Gasteiger partial charge in [0.25, 0.3) is 5.91 Å². The first-order valence-electron chi connectivity index (χ1n) is 10.8. The molecule has 4 aromatic rings. The van der Waals surface area contributed by atoms with Gasteiger partial charge in [-0.05, 0) is 60.5 Å². The molecular weight excluding hydrogens is 453 g/mol. The summed E-state index contributed by atoms with van der Waals surface area (Å²) in [6.45, 7) is 0. The molecule has 1 aliphatic rings. The second kappa shape index (κ2) is 8.61. The molecule has 0 radical (unpaired) electrons. The van der Waals surface area contributed by atoms with Gasteiger partial charge in [-0.2, -0.15) is 15.9 Å². The smallest absolute Gasteiger partial charge is 0.251 e. The molecule has 34 heavy (non-hydrogen) atoms. The van der Waals surface area contributed by atoms with Crippen LogP contribution in [0.15, 0.2) is 72.9 Å². The Morgan fingerprint density at radius 2 is 1.91 bits per heavy atom. The van der Waals surface area contributed by atoms with Gasteiger partial charge in [-0.3, -0.25) is 13.9 Å². The standard InChI is InChI=1S/C26H22FN3O3S/c27-20-5-7-22(8-6-20)30-15-24(18-3-1-2-17(12-18)14-28)23-9-4-19(13-25(23)30)26(31)29-21-10-11-34(32,33)16-21/h1-9,12-13,15,21,32-33H,10-11,16H2,(H,29,31). The van der Waals surface area contributed by atoms with Crippen LogP contribution < -0.4 is 5.32 Å². The SMILES string of the molecule is N#Cc1cccc(-c2cn(-c3ccc(F)cc3)c3cc(C(=O)NC4CCS(O)(O)C4)ccc23)c1. The van der Waals surface area contributed by atoms with E-state index < -0.39 is 10.6 Å². The van der Waals surface area contributed by atoms with Gasteiger partial charge >= 0.3 is 0 Å². The summed E-state index contributed by atoms with van der Waals surface area (Å²) in [4.78, 5) is 12.9. The molecule has 1 unspecified atom stereocenters. The molecule has 3 N–H and O–H groups in total. The average Bonchev–Trinajstić information content (AvgIpc) is 3.38. The van der Waals surface area contributed by atoms with Gasteiger partial charge in [-0.15, -0.1) is 0 Å². The van der Waals surface area contributed by atoms with Gasteiger partial charge in [0.05, 0.1) is 22.9 Å². The van der Waals surface area contributed by atoms with E-state index in [0.717, 1.165) is 27.7 Å². The number of nitriles is 1. The number of nitrogens with one attached hydrogen (secondary N) is 1. The van der Waals surface area contributed by atoms with E-state index in [1.54, 1.807) is 30.3 Å². The Bertz CT molecular complexity index is 1440. The van der Waals surface area contributed by atoms with Crippen LogP contribution in [0.3, 0.4) is 0 Å². The van der Waals surface area contributed by atoms with Crippen molar-refractivity contribution in [1.82, 2.24) is 9.88 Å². The molecular formula is C26H22FN3O3S. The van der Waals surface area contributed by atoms with Crippen LogP contribution in [0.4, 0.5) is 4.39 Å². The lowest BCUT2D eigenvalue weighted by Gasteiger charge is -2.26. The molecule has 0 saturated carbocycles. The second-order valence-corrected chi connectivity index (χ2v) is 10.8. The summed E-state index contributed by atoms with van der Waals surface area (Å²) in [7, 11) is -2.61. The third-order valence-corrected chi connectivity index (χ3v) is 7.90. The lowest BCUT2D eigenvalue weighted by molar-refractivity contribution is 0.0941. The van der Waals surface area contributed by atoms with Gasteiger partial charge in [0, 0.05) is 40.2 Å². The number of nitrogens with zero attached hydrogens (tertiary/aromatic N) is 2. The quantitative estimate of drug-likeness (QED) is 0.360. The van der Waals surface area contributed by atoms with E-state index in [-0.39, 0.29) is 23.5 Å². The summed E-state index contributed by atoms with van der Waals surface area (Å²) in [5.41, 5.74) is 4.21. The number of benzene rings is 3. The fraction of sp³-hybridized carbons (Fsp3) is 0.154. The first-order valence-corrected chi connectivity index (χ1v) is 12.7. The normalized spacial score (nSPS) is 17.9. The summed E-state index contributed by atoms with van der Waals surface area (Å²) < 4.78 is 35.2. The van der Waals surface area contributed by atoms with Crippen molar-refractivity contribution < 1.29 is 18.3 Å². The van der Waals surface area contributed by atoms with E-state index >= 15 is 0 Å². The highest BCUT2D eigenvalue weighted by Gasteiger charge is 2.29. The molecule has 6 nitrogen and oxygen atoms in total.